The van der Waals surface area contributed by atoms with Gasteiger partial charge in [-0.25, -0.2) is 0 Å². The minimum Gasteiger partial charge on any atom is -0.394 e. The van der Waals surface area contributed by atoms with Crippen molar-refractivity contribution in [3.8, 4) is 0 Å². The molecule has 0 aromatic heterocycles. The molecule has 0 aliphatic carbocycles. The standard InChI is InChI=1S/C12H14Cl2N2O2S/c1-2-10(6-17)15-12(19)16-11(18)7-3-8(13)5-9(14)4-7/h3-5,10,17H,2,6H2,1H3,(H2,15,16,18,19). The SMILES string of the molecule is CCC(CO)NC(=S)NC(=O)c1cc(Cl)cc(Cl)c1. The minimum absolute atomic E-state index is 0.0600. The van der Waals surface area contributed by atoms with Gasteiger partial charge < -0.3 is 10.4 Å². The monoisotopic (exact) mass is 320 g/mol. The number of benzene rings is 1. The Morgan fingerprint density at radius 3 is 2.42 bits per heavy atom. The van der Waals surface area contributed by atoms with Gasteiger partial charge in [0.05, 0.1) is 12.6 Å². The molecule has 0 spiro atoms. The average molecular weight is 321 g/mol. The molecule has 0 aliphatic heterocycles. The highest BCUT2D eigenvalue weighted by Gasteiger charge is 2.12. The number of halogens is 2. The Labute approximate surface area is 127 Å². The number of carbonyl (C=O) groups is 1. The van der Waals surface area contributed by atoms with Crippen molar-refractivity contribution in [2.45, 2.75) is 19.4 Å². The summed E-state index contributed by atoms with van der Waals surface area (Å²) >= 11 is 16.6. The number of aliphatic hydroxyl groups is 1. The lowest BCUT2D eigenvalue weighted by atomic mass is 10.2. The summed E-state index contributed by atoms with van der Waals surface area (Å²) in [7, 11) is 0. The number of nitrogens with one attached hydrogen (secondary N) is 2. The number of hydrogen-bond acceptors (Lipinski definition) is 3. The van der Waals surface area contributed by atoms with Crippen LogP contribution in [0.25, 0.3) is 0 Å². The van der Waals surface area contributed by atoms with Crippen LogP contribution in [-0.2, 0) is 0 Å². The van der Waals surface area contributed by atoms with Crippen LogP contribution in [0.15, 0.2) is 18.2 Å². The zero-order valence-electron chi connectivity index (χ0n) is 10.2. The number of rotatable bonds is 4. The van der Waals surface area contributed by atoms with E-state index in [4.69, 9.17) is 40.5 Å². The zero-order valence-corrected chi connectivity index (χ0v) is 12.6. The van der Waals surface area contributed by atoms with E-state index >= 15 is 0 Å². The van der Waals surface area contributed by atoms with Gasteiger partial charge in [-0.1, -0.05) is 30.1 Å². The summed E-state index contributed by atoms with van der Waals surface area (Å²) in [6.45, 7) is 1.84. The van der Waals surface area contributed by atoms with Gasteiger partial charge in [-0.05, 0) is 36.8 Å². The van der Waals surface area contributed by atoms with E-state index in [-0.39, 0.29) is 17.8 Å². The molecule has 1 aromatic rings. The Bertz CT molecular complexity index is 459. The third kappa shape index (κ3) is 5.32. The van der Waals surface area contributed by atoms with E-state index in [0.717, 1.165) is 0 Å². The van der Waals surface area contributed by atoms with Crippen LogP contribution < -0.4 is 10.6 Å². The van der Waals surface area contributed by atoms with Gasteiger partial charge in [0.15, 0.2) is 5.11 Å². The van der Waals surface area contributed by atoms with E-state index in [9.17, 15) is 4.79 Å². The van der Waals surface area contributed by atoms with Crippen LogP contribution in [0.1, 0.15) is 23.7 Å². The third-order valence-corrected chi connectivity index (χ3v) is 3.06. The van der Waals surface area contributed by atoms with E-state index in [2.05, 4.69) is 10.6 Å². The first-order valence-corrected chi connectivity index (χ1v) is 6.81. The highest BCUT2D eigenvalue weighted by Crippen LogP contribution is 2.18. The molecule has 0 fully saturated rings. The maximum Gasteiger partial charge on any atom is 0.257 e. The summed E-state index contributed by atoms with van der Waals surface area (Å²) in [4.78, 5) is 11.9. The van der Waals surface area contributed by atoms with Crippen LogP contribution >= 0.6 is 35.4 Å². The van der Waals surface area contributed by atoms with Crippen LogP contribution in [0, 0.1) is 0 Å². The molecule has 4 nitrogen and oxygen atoms in total. The molecule has 1 aromatic carbocycles. The van der Waals surface area contributed by atoms with Crippen molar-refractivity contribution >= 4 is 46.4 Å². The quantitative estimate of drug-likeness (QED) is 0.745. The molecule has 104 valence electrons. The predicted molar refractivity (Wildman–Crippen MR) is 80.8 cm³/mol. The van der Waals surface area contributed by atoms with Gasteiger partial charge in [-0.3, -0.25) is 10.1 Å². The van der Waals surface area contributed by atoms with Gasteiger partial charge >= 0.3 is 0 Å². The van der Waals surface area contributed by atoms with E-state index < -0.39 is 5.91 Å². The first kappa shape index (κ1) is 16.2. The lowest BCUT2D eigenvalue weighted by Crippen LogP contribution is -2.45. The van der Waals surface area contributed by atoms with Gasteiger partial charge in [0, 0.05) is 15.6 Å². The molecule has 1 unspecified atom stereocenters. The second-order valence-corrected chi connectivity index (χ2v) is 5.15. The summed E-state index contributed by atoms with van der Waals surface area (Å²) in [6.07, 6.45) is 0.690. The third-order valence-electron chi connectivity index (χ3n) is 2.40. The normalized spacial score (nSPS) is 11.8. The van der Waals surface area contributed by atoms with E-state index in [1.807, 2.05) is 6.92 Å². The molecule has 0 radical (unpaired) electrons. The maximum atomic E-state index is 11.9. The van der Waals surface area contributed by atoms with Crippen molar-refractivity contribution in [1.29, 1.82) is 0 Å². The maximum absolute atomic E-state index is 11.9. The lowest BCUT2D eigenvalue weighted by Gasteiger charge is -2.16. The molecule has 3 N–H and O–H groups in total. The molecule has 0 aliphatic rings. The molecule has 1 atom stereocenters. The minimum atomic E-state index is -0.408. The first-order valence-electron chi connectivity index (χ1n) is 5.65. The van der Waals surface area contributed by atoms with Crippen molar-refractivity contribution < 1.29 is 9.90 Å². The fourth-order valence-electron chi connectivity index (χ4n) is 1.36. The fraction of sp³-hybridized carbons (Fsp3) is 0.333. The largest absolute Gasteiger partial charge is 0.394 e. The summed E-state index contributed by atoms with van der Waals surface area (Å²) in [6, 6.07) is 4.34. The van der Waals surface area contributed by atoms with Crippen LogP contribution in [0.5, 0.6) is 0 Å². The second-order valence-electron chi connectivity index (χ2n) is 3.87. The van der Waals surface area contributed by atoms with Gasteiger partial charge in [-0.2, -0.15) is 0 Å². The highest BCUT2D eigenvalue weighted by atomic mass is 35.5. The molecule has 1 amide bonds. The van der Waals surface area contributed by atoms with Crippen molar-refractivity contribution in [2.24, 2.45) is 0 Å². The summed E-state index contributed by atoms with van der Waals surface area (Å²) in [5.41, 5.74) is 0.318. The zero-order chi connectivity index (χ0) is 14.4. The van der Waals surface area contributed by atoms with Crippen molar-refractivity contribution in [1.82, 2.24) is 10.6 Å². The number of thiocarbonyl (C=S) groups is 1. The first-order chi connectivity index (χ1) is 8.96. The van der Waals surface area contributed by atoms with Crippen molar-refractivity contribution in [2.75, 3.05) is 6.61 Å². The molecular weight excluding hydrogens is 307 g/mol. The topological polar surface area (TPSA) is 61.4 Å². The van der Waals surface area contributed by atoms with Gasteiger partial charge in [0.1, 0.15) is 0 Å². The Morgan fingerprint density at radius 2 is 1.95 bits per heavy atom. The number of hydrogen-bond donors (Lipinski definition) is 3. The number of aliphatic hydroxyl groups excluding tert-OH is 1. The molecule has 7 heteroatoms. The molecule has 0 heterocycles. The van der Waals surface area contributed by atoms with Gasteiger partial charge in [0.2, 0.25) is 0 Å². The summed E-state index contributed by atoms with van der Waals surface area (Å²) in [5.74, 6) is -0.408. The summed E-state index contributed by atoms with van der Waals surface area (Å²) < 4.78 is 0. The molecule has 1 rings (SSSR count). The Hall–Kier alpha value is -0.880. The Kier molecular flexibility index (Phi) is 6.51. The molecule has 19 heavy (non-hydrogen) atoms. The second kappa shape index (κ2) is 7.65. The molecule has 0 saturated heterocycles. The van der Waals surface area contributed by atoms with Crippen molar-refractivity contribution in [3.05, 3.63) is 33.8 Å². The van der Waals surface area contributed by atoms with Crippen LogP contribution in [0.4, 0.5) is 0 Å². The van der Waals surface area contributed by atoms with Crippen molar-refractivity contribution in [3.63, 3.8) is 0 Å². The number of amides is 1. The summed E-state index contributed by atoms with van der Waals surface area (Å²) in [5, 5.41) is 15.3. The number of carbonyl (C=O) groups excluding carboxylic acids is 1. The predicted octanol–water partition coefficient (Wildman–Crippen LogP) is 2.37. The van der Waals surface area contributed by atoms with Crippen LogP contribution in [0.2, 0.25) is 10.0 Å². The molecule has 0 saturated carbocycles. The van der Waals surface area contributed by atoms with Crippen LogP contribution in [-0.4, -0.2) is 28.8 Å². The van der Waals surface area contributed by atoms with Gasteiger partial charge in [0.25, 0.3) is 5.91 Å². The lowest BCUT2D eigenvalue weighted by molar-refractivity contribution is 0.0976. The molecule has 0 bridgehead atoms. The fourth-order valence-corrected chi connectivity index (χ4v) is 2.14. The van der Waals surface area contributed by atoms with E-state index in [0.29, 0.717) is 22.0 Å². The smallest absolute Gasteiger partial charge is 0.257 e. The Balaban J connectivity index is 2.66. The molecular formula is C12H14Cl2N2O2S. The van der Waals surface area contributed by atoms with E-state index in [1.54, 1.807) is 0 Å². The Morgan fingerprint density at radius 1 is 1.37 bits per heavy atom. The highest BCUT2D eigenvalue weighted by molar-refractivity contribution is 7.80. The van der Waals surface area contributed by atoms with E-state index in [1.165, 1.54) is 18.2 Å². The van der Waals surface area contributed by atoms with Gasteiger partial charge in [-0.15, -0.1) is 0 Å². The average Bonchev–Trinajstić information content (AvgIpc) is 2.34. The van der Waals surface area contributed by atoms with Crippen LogP contribution in [0.3, 0.4) is 0 Å².